The van der Waals surface area contributed by atoms with Crippen molar-refractivity contribution >= 4 is 21.5 Å². The van der Waals surface area contributed by atoms with E-state index < -0.39 is 27.4 Å². The van der Waals surface area contributed by atoms with Crippen LogP contribution in [0.2, 0.25) is 0 Å². The molecule has 1 aliphatic heterocycles. The summed E-state index contributed by atoms with van der Waals surface area (Å²) in [5.41, 5.74) is 2.16. The van der Waals surface area contributed by atoms with Crippen LogP contribution in [0, 0.1) is 5.82 Å². The van der Waals surface area contributed by atoms with Gasteiger partial charge in [0.15, 0.2) is 0 Å². The fourth-order valence-electron chi connectivity index (χ4n) is 3.59. The van der Waals surface area contributed by atoms with Crippen molar-refractivity contribution in [2.24, 2.45) is 4.36 Å². The van der Waals surface area contributed by atoms with E-state index in [4.69, 9.17) is 0 Å². The third-order valence-corrected chi connectivity index (χ3v) is 6.84. The summed E-state index contributed by atoms with van der Waals surface area (Å²) in [7, 11) is -3.03. The summed E-state index contributed by atoms with van der Waals surface area (Å²) in [6, 6.07) is 4.35. The molecule has 0 radical (unpaired) electrons. The average molecular weight is 390 g/mol. The van der Waals surface area contributed by atoms with Gasteiger partial charge in [-0.1, -0.05) is 6.07 Å². The molecule has 2 aromatic rings. The molecule has 0 saturated heterocycles. The molecule has 0 N–H and O–H groups in total. The standard InChI is InChI=1S/C18H19FN4O3S/c1-11(24)22-5-6-23-16(10-22)17(9-20-23)27(2,26)21-18(25)15-7-12-3-4-13(19)8-14(12)15/h3-4,8-9,15H,5-7,10H2,1-2H3. The third-order valence-electron chi connectivity index (χ3n) is 5.16. The lowest BCUT2D eigenvalue weighted by Gasteiger charge is -2.28. The Kier molecular flexibility index (Phi) is 4.14. The highest BCUT2D eigenvalue weighted by Gasteiger charge is 2.34. The van der Waals surface area contributed by atoms with Gasteiger partial charge in [-0.2, -0.15) is 9.46 Å². The summed E-state index contributed by atoms with van der Waals surface area (Å²) in [6.45, 7) is 2.81. The summed E-state index contributed by atoms with van der Waals surface area (Å²) in [5, 5.41) is 4.23. The van der Waals surface area contributed by atoms with Crippen LogP contribution in [0.3, 0.4) is 0 Å². The van der Waals surface area contributed by atoms with Crippen LogP contribution in [0.4, 0.5) is 4.39 Å². The minimum absolute atomic E-state index is 0.0721. The van der Waals surface area contributed by atoms with E-state index in [1.165, 1.54) is 31.5 Å². The predicted molar refractivity (Wildman–Crippen MR) is 95.9 cm³/mol. The van der Waals surface area contributed by atoms with Crippen LogP contribution < -0.4 is 0 Å². The fourth-order valence-corrected chi connectivity index (χ4v) is 5.00. The molecule has 9 heteroatoms. The Bertz CT molecular complexity index is 1080. The van der Waals surface area contributed by atoms with Gasteiger partial charge in [0, 0.05) is 19.7 Å². The van der Waals surface area contributed by atoms with Gasteiger partial charge in [-0.05, 0) is 29.7 Å². The number of carbonyl (C=O) groups is 2. The zero-order chi connectivity index (χ0) is 19.3. The van der Waals surface area contributed by atoms with Crippen molar-refractivity contribution in [3.8, 4) is 0 Å². The molecule has 1 aromatic heterocycles. The second-order valence-corrected chi connectivity index (χ2v) is 9.18. The summed E-state index contributed by atoms with van der Waals surface area (Å²) >= 11 is 0. The van der Waals surface area contributed by atoms with Gasteiger partial charge in [-0.15, -0.1) is 0 Å². The van der Waals surface area contributed by atoms with Gasteiger partial charge in [-0.25, -0.2) is 8.60 Å². The number of nitrogens with zero attached hydrogens (tertiary/aromatic N) is 4. The van der Waals surface area contributed by atoms with Crippen molar-refractivity contribution in [3.05, 3.63) is 47.0 Å². The molecular weight excluding hydrogens is 371 g/mol. The number of amides is 2. The Morgan fingerprint density at radius 2 is 2.11 bits per heavy atom. The zero-order valence-corrected chi connectivity index (χ0v) is 15.8. The van der Waals surface area contributed by atoms with Crippen LogP contribution in [-0.4, -0.2) is 43.5 Å². The largest absolute Gasteiger partial charge is 0.335 e. The summed E-state index contributed by atoms with van der Waals surface area (Å²) in [5.74, 6) is -1.55. The van der Waals surface area contributed by atoms with E-state index in [1.54, 1.807) is 15.6 Å². The molecule has 0 saturated carbocycles. The van der Waals surface area contributed by atoms with Crippen molar-refractivity contribution in [1.82, 2.24) is 14.7 Å². The first-order chi connectivity index (χ1) is 12.8. The van der Waals surface area contributed by atoms with Gasteiger partial charge in [-0.3, -0.25) is 14.3 Å². The van der Waals surface area contributed by atoms with Crippen LogP contribution >= 0.6 is 0 Å². The fraction of sp³-hybridized carbons (Fsp3) is 0.389. The Labute approximate surface area is 156 Å². The molecule has 27 heavy (non-hydrogen) atoms. The maximum atomic E-state index is 13.4. The van der Waals surface area contributed by atoms with Crippen LogP contribution in [0.5, 0.6) is 0 Å². The lowest BCUT2D eigenvalue weighted by atomic mass is 9.77. The van der Waals surface area contributed by atoms with Crippen molar-refractivity contribution in [2.45, 2.75) is 37.2 Å². The number of benzene rings is 1. The van der Waals surface area contributed by atoms with Crippen LogP contribution in [0.25, 0.3) is 0 Å². The maximum Gasteiger partial charge on any atom is 0.261 e. The molecule has 7 nitrogen and oxygen atoms in total. The Morgan fingerprint density at radius 3 is 2.85 bits per heavy atom. The van der Waals surface area contributed by atoms with Gasteiger partial charge in [0.1, 0.15) is 5.82 Å². The second kappa shape index (κ2) is 6.26. The van der Waals surface area contributed by atoms with Crippen molar-refractivity contribution < 1.29 is 18.2 Å². The van der Waals surface area contributed by atoms with E-state index >= 15 is 0 Å². The number of carbonyl (C=O) groups excluding carboxylic acids is 2. The molecular formula is C18H19FN4O3S. The van der Waals surface area contributed by atoms with Gasteiger partial charge in [0.05, 0.1) is 45.5 Å². The highest BCUT2D eigenvalue weighted by molar-refractivity contribution is 7.93. The van der Waals surface area contributed by atoms with E-state index in [9.17, 15) is 18.2 Å². The monoisotopic (exact) mass is 390 g/mol. The smallest absolute Gasteiger partial charge is 0.261 e. The Balaban J connectivity index is 1.65. The van der Waals surface area contributed by atoms with E-state index in [0.29, 0.717) is 35.7 Å². The molecule has 1 aromatic carbocycles. The van der Waals surface area contributed by atoms with E-state index in [-0.39, 0.29) is 12.5 Å². The summed E-state index contributed by atoms with van der Waals surface area (Å²) in [6.07, 6.45) is 3.34. The first-order valence-corrected chi connectivity index (χ1v) is 10.5. The topological polar surface area (TPSA) is 84.6 Å². The lowest BCUT2D eigenvalue weighted by molar-refractivity contribution is -0.130. The predicted octanol–water partition coefficient (Wildman–Crippen LogP) is 1.71. The molecule has 2 amide bonds. The maximum absolute atomic E-state index is 13.4. The Hall–Kier alpha value is -2.55. The quantitative estimate of drug-likeness (QED) is 0.781. The normalized spacial score (nSPS) is 20.1. The number of halogens is 1. The number of hydrogen-bond donors (Lipinski definition) is 0. The van der Waals surface area contributed by atoms with Crippen molar-refractivity contribution in [1.29, 1.82) is 0 Å². The summed E-state index contributed by atoms with van der Waals surface area (Å²) < 4.78 is 32.3. The van der Waals surface area contributed by atoms with E-state index in [1.807, 2.05) is 0 Å². The molecule has 2 heterocycles. The van der Waals surface area contributed by atoms with Crippen LogP contribution in [0.1, 0.15) is 29.7 Å². The first kappa shape index (κ1) is 17.8. The van der Waals surface area contributed by atoms with Crippen LogP contribution in [0.15, 0.2) is 33.7 Å². The second-order valence-electron chi connectivity index (χ2n) is 6.95. The molecule has 0 spiro atoms. The first-order valence-electron chi connectivity index (χ1n) is 8.61. The van der Waals surface area contributed by atoms with Gasteiger partial charge in [0.25, 0.3) is 5.91 Å². The highest BCUT2D eigenvalue weighted by atomic mass is 32.2. The molecule has 142 valence electrons. The number of rotatable bonds is 2. The van der Waals surface area contributed by atoms with Crippen LogP contribution in [-0.2, 0) is 38.8 Å². The van der Waals surface area contributed by atoms with E-state index in [2.05, 4.69) is 9.46 Å². The van der Waals surface area contributed by atoms with E-state index in [0.717, 1.165) is 5.56 Å². The average Bonchev–Trinajstić information content (AvgIpc) is 3.01. The molecule has 2 atom stereocenters. The van der Waals surface area contributed by atoms with Gasteiger partial charge >= 0.3 is 0 Å². The van der Waals surface area contributed by atoms with Gasteiger partial charge in [0.2, 0.25) is 5.91 Å². The number of aromatic nitrogens is 2. The molecule has 0 fully saturated rings. The zero-order valence-electron chi connectivity index (χ0n) is 15.0. The lowest BCUT2D eigenvalue weighted by Crippen LogP contribution is -2.37. The number of fused-ring (bicyclic) bond motifs is 2. The van der Waals surface area contributed by atoms with Crippen molar-refractivity contribution in [2.75, 3.05) is 12.8 Å². The SMILES string of the molecule is CC(=O)N1CCn2ncc(S(C)(=O)=NC(=O)C3Cc4ccc(F)cc43)c2C1. The number of hydrogen-bond acceptors (Lipinski definition) is 4. The minimum atomic E-state index is -3.03. The minimum Gasteiger partial charge on any atom is -0.335 e. The molecule has 2 unspecified atom stereocenters. The molecule has 0 bridgehead atoms. The third kappa shape index (κ3) is 3.05. The molecule has 4 rings (SSSR count). The Morgan fingerprint density at radius 1 is 1.33 bits per heavy atom. The summed E-state index contributed by atoms with van der Waals surface area (Å²) in [4.78, 5) is 26.3. The van der Waals surface area contributed by atoms with Crippen molar-refractivity contribution in [3.63, 3.8) is 0 Å². The van der Waals surface area contributed by atoms with Gasteiger partial charge < -0.3 is 4.90 Å². The highest BCUT2D eigenvalue weighted by Crippen LogP contribution is 2.37. The molecule has 1 aliphatic carbocycles. The molecule has 2 aliphatic rings.